The second-order valence-corrected chi connectivity index (χ2v) is 2.78. The van der Waals surface area contributed by atoms with Gasteiger partial charge in [-0.3, -0.25) is 9.59 Å². The van der Waals surface area contributed by atoms with E-state index in [1.807, 2.05) is 0 Å². The van der Waals surface area contributed by atoms with Gasteiger partial charge in [0.1, 0.15) is 6.10 Å². The lowest BCUT2D eigenvalue weighted by Gasteiger charge is -2.17. The summed E-state index contributed by atoms with van der Waals surface area (Å²) in [5.41, 5.74) is 4.69. The summed E-state index contributed by atoms with van der Waals surface area (Å²) in [6, 6.07) is 0. The number of primary amides is 1. The standard InChI is InChI=1S/C7H14N2O5/c1-9-7(14)4(11)2-3(10)5(12)6(8)13/h3-5,10-12H,2H2,1H3,(H2,8,13)(H,9,14)/t3-,4+,5?/m1/s1. The van der Waals surface area contributed by atoms with Crippen molar-refractivity contribution in [3.8, 4) is 0 Å². The van der Waals surface area contributed by atoms with Crippen molar-refractivity contribution in [3.05, 3.63) is 0 Å². The molecule has 0 spiro atoms. The molecule has 0 aromatic heterocycles. The third-order valence-corrected chi connectivity index (χ3v) is 1.67. The fourth-order valence-electron chi connectivity index (χ4n) is 0.821. The van der Waals surface area contributed by atoms with Crippen LogP contribution in [0.2, 0.25) is 0 Å². The molecule has 0 aromatic carbocycles. The number of hydrogen-bond acceptors (Lipinski definition) is 5. The second-order valence-electron chi connectivity index (χ2n) is 2.78. The average molecular weight is 206 g/mol. The van der Waals surface area contributed by atoms with Crippen LogP contribution in [0.5, 0.6) is 0 Å². The van der Waals surface area contributed by atoms with Gasteiger partial charge in [0.2, 0.25) is 11.8 Å². The SMILES string of the molecule is CNC(=O)[C@@H](O)C[C@@H](O)C(O)C(N)=O. The molecule has 0 aliphatic heterocycles. The Kier molecular flexibility index (Phi) is 5.06. The van der Waals surface area contributed by atoms with E-state index < -0.39 is 36.5 Å². The van der Waals surface area contributed by atoms with E-state index in [1.165, 1.54) is 7.05 Å². The maximum Gasteiger partial charge on any atom is 0.248 e. The zero-order valence-electron chi connectivity index (χ0n) is 7.67. The molecule has 7 heteroatoms. The summed E-state index contributed by atoms with van der Waals surface area (Å²) in [4.78, 5) is 21.2. The Morgan fingerprint density at radius 3 is 2.21 bits per heavy atom. The molecule has 0 saturated carbocycles. The van der Waals surface area contributed by atoms with E-state index in [9.17, 15) is 9.59 Å². The van der Waals surface area contributed by atoms with Crippen LogP contribution >= 0.6 is 0 Å². The van der Waals surface area contributed by atoms with Crippen LogP contribution in [0.3, 0.4) is 0 Å². The number of likely N-dealkylation sites (N-methyl/N-ethyl adjacent to an activating group) is 1. The molecule has 0 aromatic rings. The largest absolute Gasteiger partial charge is 0.390 e. The highest BCUT2D eigenvalue weighted by molar-refractivity contribution is 5.81. The van der Waals surface area contributed by atoms with Crippen LogP contribution in [0.25, 0.3) is 0 Å². The molecular weight excluding hydrogens is 192 g/mol. The van der Waals surface area contributed by atoms with Gasteiger partial charge in [-0.25, -0.2) is 0 Å². The molecule has 0 fully saturated rings. The summed E-state index contributed by atoms with van der Waals surface area (Å²) in [6.45, 7) is 0. The molecule has 0 heterocycles. The number of nitrogens with one attached hydrogen (secondary N) is 1. The van der Waals surface area contributed by atoms with Crippen molar-refractivity contribution in [2.45, 2.75) is 24.7 Å². The van der Waals surface area contributed by atoms with Gasteiger partial charge in [-0.1, -0.05) is 0 Å². The van der Waals surface area contributed by atoms with Crippen molar-refractivity contribution in [1.29, 1.82) is 0 Å². The molecule has 0 rings (SSSR count). The van der Waals surface area contributed by atoms with Crippen LogP contribution in [0, 0.1) is 0 Å². The van der Waals surface area contributed by atoms with Crippen LogP contribution in [0.15, 0.2) is 0 Å². The highest BCUT2D eigenvalue weighted by Gasteiger charge is 2.26. The first-order valence-electron chi connectivity index (χ1n) is 3.95. The molecule has 0 bridgehead atoms. The van der Waals surface area contributed by atoms with Crippen molar-refractivity contribution >= 4 is 11.8 Å². The van der Waals surface area contributed by atoms with E-state index in [2.05, 4.69) is 5.32 Å². The van der Waals surface area contributed by atoms with Gasteiger partial charge in [0.25, 0.3) is 0 Å². The van der Waals surface area contributed by atoms with Crippen molar-refractivity contribution in [3.63, 3.8) is 0 Å². The van der Waals surface area contributed by atoms with Crippen molar-refractivity contribution in [2.75, 3.05) is 7.05 Å². The van der Waals surface area contributed by atoms with Crippen molar-refractivity contribution < 1.29 is 24.9 Å². The molecule has 7 nitrogen and oxygen atoms in total. The number of aliphatic hydroxyl groups is 3. The summed E-state index contributed by atoms with van der Waals surface area (Å²) in [6.07, 6.45) is -5.28. The van der Waals surface area contributed by atoms with Crippen LogP contribution in [-0.2, 0) is 9.59 Å². The summed E-state index contributed by atoms with van der Waals surface area (Å²) >= 11 is 0. The van der Waals surface area contributed by atoms with Crippen molar-refractivity contribution in [2.24, 2.45) is 5.73 Å². The van der Waals surface area contributed by atoms with Gasteiger partial charge in [-0.2, -0.15) is 0 Å². The van der Waals surface area contributed by atoms with E-state index in [0.717, 1.165) is 0 Å². The Balaban J connectivity index is 4.11. The third-order valence-electron chi connectivity index (χ3n) is 1.67. The Hall–Kier alpha value is -1.18. The monoisotopic (exact) mass is 206 g/mol. The maximum absolute atomic E-state index is 10.8. The van der Waals surface area contributed by atoms with E-state index in [4.69, 9.17) is 21.1 Å². The first-order chi connectivity index (χ1) is 6.40. The van der Waals surface area contributed by atoms with Gasteiger partial charge in [0.15, 0.2) is 6.10 Å². The normalized spacial score (nSPS) is 16.9. The summed E-state index contributed by atoms with van der Waals surface area (Å²) in [7, 11) is 1.31. The van der Waals surface area contributed by atoms with E-state index in [-0.39, 0.29) is 0 Å². The third kappa shape index (κ3) is 3.69. The van der Waals surface area contributed by atoms with E-state index in [0.29, 0.717) is 0 Å². The molecular formula is C7H14N2O5. The predicted molar refractivity (Wildman–Crippen MR) is 45.9 cm³/mol. The highest BCUT2D eigenvalue weighted by atomic mass is 16.3. The number of aliphatic hydroxyl groups excluding tert-OH is 3. The number of hydrogen-bond donors (Lipinski definition) is 5. The first kappa shape index (κ1) is 12.8. The van der Waals surface area contributed by atoms with E-state index >= 15 is 0 Å². The topological polar surface area (TPSA) is 133 Å². The second kappa shape index (κ2) is 5.53. The number of rotatable bonds is 5. The average Bonchev–Trinajstić information content (AvgIpc) is 2.14. The predicted octanol–water partition coefficient (Wildman–Crippen LogP) is -3.31. The van der Waals surface area contributed by atoms with Gasteiger partial charge < -0.3 is 26.4 Å². The Bertz CT molecular complexity index is 220. The zero-order valence-corrected chi connectivity index (χ0v) is 7.67. The molecule has 82 valence electrons. The van der Waals surface area contributed by atoms with Crippen molar-refractivity contribution in [1.82, 2.24) is 5.32 Å². The van der Waals surface area contributed by atoms with Crippen LogP contribution in [0.1, 0.15) is 6.42 Å². The molecule has 6 N–H and O–H groups in total. The van der Waals surface area contributed by atoms with E-state index in [1.54, 1.807) is 0 Å². The zero-order chi connectivity index (χ0) is 11.3. The van der Waals surface area contributed by atoms with Crippen LogP contribution in [0.4, 0.5) is 0 Å². The Labute approximate surface area is 80.5 Å². The lowest BCUT2D eigenvalue weighted by Crippen LogP contribution is -2.43. The smallest absolute Gasteiger partial charge is 0.248 e. The lowest BCUT2D eigenvalue weighted by molar-refractivity contribution is -0.137. The quantitative estimate of drug-likeness (QED) is 0.321. The minimum atomic E-state index is -1.78. The fourth-order valence-corrected chi connectivity index (χ4v) is 0.821. The van der Waals surface area contributed by atoms with Gasteiger partial charge >= 0.3 is 0 Å². The number of nitrogens with two attached hydrogens (primary N) is 1. The number of amides is 2. The molecule has 0 radical (unpaired) electrons. The Morgan fingerprint density at radius 2 is 1.86 bits per heavy atom. The molecule has 0 saturated heterocycles. The highest BCUT2D eigenvalue weighted by Crippen LogP contribution is 2.03. The van der Waals surface area contributed by atoms with Crippen LogP contribution < -0.4 is 11.1 Å². The minimum absolute atomic E-state index is 0.455. The molecule has 2 amide bonds. The Morgan fingerprint density at radius 1 is 1.36 bits per heavy atom. The summed E-state index contributed by atoms with van der Waals surface area (Å²) in [5.74, 6) is -1.82. The molecule has 1 unspecified atom stereocenters. The number of carbonyl (C=O) groups excluding carboxylic acids is 2. The van der Waals surface area contributed by atoms with Gasteiger partial charge in [0, 0.05) is 13.5 Å². The minimum Gasteiger partial charge on any atom is -0.390 e. The molecule has 14 heavy (non-hydrogen) atoms. The van der Waals surface area contributed by atoms with Gasteiger partial charge in [-0.15, -0.1) is 0 Å². The maximum atomic E-state index is 10.8. The molecule has 3 atom stereocenters. The molecule has 0 aliphatic carbocycles. The summed E-state index contributed by atoms with van der Waals surface area (Å²) < 4.78 is 0. The van der Waals surface area contributed by atoms with Crippen LogP contribution in [-0.4, -0.2) is 52.5 Å². The van der Waals surface area contributed by atoms with Gasteiger partial charge in [0.05, 0.1) is 6.10 Å². The molecule has 0 aliphatic rings. The fraction of sp³-hybridized carbons (Fsp3) is 0.714. The first-order valence-corrected chi connectivity index (χ1v) is 3.95. The van der Waals surface area contributed by atoms with Gasteiger partial charge in [-0.05, 0) is 0 Å². The number of carbonyl (C=O) groups is 2. The lowest BCUT2D eigenvalue weighted by atomic mass is 10.1. The summed E-state index contributed by atoms with van der Waals surface area (Å²) in [5, 5.41) is 29.3.